The van der Waals surface area contributed by atoms with Crippen LogP contribution in [-0.2, 0) is 0 Å². The summed E-state index contributed by atoms with van der Waals surface area (Å²) in [5.41, 5.74) is 4.20. The van der Waals surface area contributed by atoms with Crippen molar-refractivity contribution >= 4 is 6.29 Å². The molecule has 0 saturated carbocycles. The summed E-state index contributed by atoms with van der Waals surface area (Å²) in [7, 11) is 0. The maximum atomic E-state index is 11.2. The van der Waals surface area contributed by atoms with Crippen LogP contribution in [0.4, 0.5) is 0 Å². The lowest BCUT2D eigenvalue weighted by atomic mass is 10.0. The minimum absolute atomic E-state index is 0.607. The zero-order chi connectivity index (χ0) is 13.8. The number of aromatic nitrogens is 1. The van der Waals surface area contributed by atoms with Gasteiger partial charge in [-0.3, -0.25) is 4.79 Å². The molecule has 0 N–H and O–H groups in total. The van der Waals surface area contributed by atoms with Gasteiger partial charge < -0.3 is 0 Å². The standard InChI is InChI=1S/C18H13NO/c20-13-16-11-12-17(14-7-3-1-4-8-14)19-18(16)15-9-5-2-6-10-15/h1-13H. The second kappa shape index (κ2) is 5.49. The molecule has 3 rings (SSSR count). The Morgan fingerprint density at radius 2 is 1.30 bits per heavy atom. The number of benzene rings is 2. The van der Waals surface area contributed by atoms with Crippen molar-refractivity contribution in [2.45, 2.75) is 0 Å². The second-order valence-electron chi connectivity index (χ2n) is 4.48. The van der Waals surface area contributed by atoms with E-state index in [0.29, 0.717) is 5.56 Å². The normalized spacial score (nSPS) is 10.2. The maximum Gasteiger partial charge on any atom is 0.152 e. The van der Waals surface area contributed by atoms with Gasteiger partial charge in [0.1, 0.15) is 0 Å². The minimum Gasteiger partial charge on any atom is -0.298 e. The van der Waals surface area contributed by atoms with Crippen molar-refractivity contribution < 1.29 is 4.79 Å². The maximum absolute atomic E-state index is 11.2. The molecule has 0 aliphatic rings. The Morgan fingerprint density at radius 3 is 1.90 bits per heavy atom. The number of hydrogen-bond acceptors (Lipinski definition) is 2. The average Bonchev–Trinajstić information content (AvgIpc) is 2.56. The Balaban J connectivity index is 2.16. The predicted octanol–water partition coefficient (Wildman–Crippen LogP) is 4.23. The molecule has 0 atom stereocenters. The number of carbonyl (C=O) groups excluding carboxylic acids is 1. The SMILES string of the molecule is O=Cc1ccc(-c2ccccc2)nc1-c1ccccc1. The molecule has 0 unspecified atom stereocenters. The number of carbonyl (C=O) groups is 1. The largest absolute Gasteiger partial charge is 0.298 e. The van der Waals surface area contributed by atoms with E-state index in [0.717, 1.165) is 28.8 Å². The highest BCUT2D eigenvalue weighted by molar-refractivity contribution is 5.86. The zero-order valence-corrected chi connectivity index (χ0v) is 10.9. The lowest BCUT2D eigenvalue weighted by molar-refractivity contribution is 0.112. The van der Waals surface area contributed by atoms with Crippen LogP contribution in [0.25, 0.3) is 22.5 Å². The number of aldehydes is 1. The van der Waals surface area contributed by atoms with Gasteiger partial charge in [0, 0.05) is 16.7 Å². The first-order chi connectivity index (χ1) is 9.88. The smallest absolute Gasteiger partial charge is 0.152 e. The van der Waals surface area contributed by atoms with Gasteiger partial charge in [-0.2, -0.15) is 0 Å². The van der Waals surface area contributed by atoms with Gasteiger partial charge in [-0.25, -0.2) is 4.98 Å². The first kappa shape index (κ1) is 12.3. The molecule has 0 spiro atoms. The number of rotatable bonds is 3. The fraction of sp³-hybridized carbons (Fsp3) is 0. The third-order valence-corrected chi connectivity index (χ3v) is 3.17. The first-order valence-corrected chi connectivity index (χ1v) is 6.45. The van der Waals surface area contributed by atoms with Gasteiger partial charge >= 0.3 is 0 Å². The molecule has 0 aliphatic carbocycles. The minimum atomic E-state index is 0.607. The summed E-state index contributed by atoms with van der Waals surface area (Å²) in [6, 6.07) is 23.4. The summed E-state index contributed by atoms with van der Waals surface area (Å²) in [5, 5.41) is 0. The molecule has 0 saturated heterocycles. The van der Waals surface area contributed by atoms with Gasteiger partial charge in [0.2, 0.25) is 0 Å². The Labute approximate surface area is 117 Å². The van der Waals surface area contributed by atoms with Crippen LogP contribution in [0.1, 0.15) is 10.4 Å². The second-order valence-corrected chi connectivity index (χ2v) is 4.48. The molecule has 0 aliphatic heterocycles. The molecular weight excluding hydrogens is 246 g/mol. The fourth-order valence-electron chi connectivity index (χ4n) is 2.16. The Hall–Kier alpha value is -2.74. The van der Waals surface area contributed by atoms with E-state index in [1.54, 1.807) is 0 Å². The van der Waals surface area contributed by atoms with Crippen LogP contribution in [0, 0.1) is 0 Å². The summed E-state index contributed by atoms with van der Waals surface area (Å²) in [4.78, 5) is 15.9. The molecule has 96 valence electrons. The van der Waals surface area contributed by atoms with Gasteiger partial charge in [0.25, 0.3) is 0 Å². The van der Waals surface area contributed by atoms with Crippen molar-refractivity contribution in [3.8, 4) is 22.5 Å². The van der Waals surface area contributed by atoms with E-state index in [9.17, 15) is 4.79 Å². The lowest BCUT2D eigenvalue weighted by Gasteiger charge is -2.07. The predicted molar refractivity (Wildman–Crippen MR) is 80.5 cm³/mol. The van der Waals surface area contributed by atoms with E-state index in [2.05, 4.69) is 4.98 Å². The van der Waals surface area contributed by atoms with Crippen molar-refractivity contribution in [1.29, 1.82) is 0 Å². The van der Waals surface area contributed by atoms with E-state index in [4.69, 9.17) is 0 Å². The van der Waals surface area contributed by atoms with Crippen LogP contribution < -0.4 is 0 Å². The highest BCUT2D eigenvalue weighted by atomic mass is 16.1. The number of pyridine rings is 1. The molecule has 3 aromatic rings. The third-order valence-electron chi connectivity index (χ3n) is 3.17. The van der Waals surface area contributed by atoms with Crippen LogP contribution in [0.3, 0.4) is 0 Å². The van der Waals surface area contributed by atoms with Crippen molar-refractivity contribution in [2.24, 2.45) is 0 Å². The molecular formula is C18H13NO. The lowest BCUT2D eigenvalue weighted by Crippen LogP contribution is -1.94. The first-order valence-electron chi connectivity index (χ1n) is 6.45. The van der Waals surface area contributed by atoms with Crippen LogP contribution in [0.15, 0.2) is 72.8 Å². The van der Waals surface area contributed by atoms with E-state index < -0.39 is 0 Å². The summed E-state index contributed by atoms with van der Waals surface area (Å²) in [5.74, 6) is 0. The summed E-state index contributed by atoms with van der Waals surface area (Å²) in [6.07, 6.45) is 0.851. The molecule has 0 amide bonds. The topological polar surface area (TPSA) is 30.0 Å². The van der Waals surface area contributed by atoms with E-state index in [1.807, 2.05) is 72.8 Å². The number of hydrogen-bond donors (Lipinski definition) is 0. The van der Waals surface area contributed by atoms with Gasteiger partial charge in [-0.15, -0.1) is 0 Å². The average molecular weight is 259 g/mol. The van der Waals surface area contributed by atoms with Crippen molar-refractivity contribution in [3.63, 3.8) is 0 Å². The molecule has 2 heteroatoms. The van der Waals surface area contributed by atoms with Gasteiger partial charge in [-0.1, -0.05) is 60.7 Å². The van der Waals surface area contributed by atoms with Crippen LogP contribution in [-0.4, -0.2) is 11.3 Å². The number of nitrogens with zero attached hydrogens (tertiary/aromatic N) is 1. The summed E-state index contributed by atoms with van der Waals surface area (Å²) < 4.78 is 0. The van der Waals surface area contributed by atoms with Crippen LogP contribution in [0.2, 0.25) is 0 Å². The zero-order valence-electron chi connectivity index (χ0n) is 10.9. The van der Waals surface area contributed by atoms with Crippen LogP contribution >= 0.6 is 0 Å². The molecule has 0 fully saturated rings. The highest BCUT2D eigenvalue weighted by Crippen LogP contribution is 2.25. The Kier molecular flexibility index (Phi) is 3.38. The molecule has 1 aromatic heterocycles. The Bertz CT molecular complexity index is 721. The van der Waals surface area contributed by atoms with Gasteiger partial charge in [0.15, 0.2) is 6.29 Å². The monoisotopic (exact) mass is 259 g/mol. The molecule has 0 bridgehead atoms. The molecule has 0 radical (unpaired) electrons. The molecule has 20 heavy (non-hydrogen) atoms. The fourth-order valence-corrected chi connectivity index (χ4v) is 2.16. The molecule has 2 aromatic carbocycles. The third kappa shape index (κ3) is 2.36. The summed E-state index contributed by atoms with van der Waals surface area (Å²) >= 11 is 0. The summed E-state index contributed by atoms with van der Waals surface area (Å²) in [6.45, 7) is 0. The Morgan fingerprint density at radius 1 is 0.700 bits per heavy atom. The van der Waals surface area contributed by atoms with Crippen molar-refractivity contribution in [3.05, 3.63) is 78.4 Å². The van der Waals surface area contributed by atoms with E-state index in [1.165, 1.54) is 0 Å². The van der Waals surface area contributed by atoms with Crippen molar-refractivity contribution in [1.82, 2.24) is 4.98 Å². The highest BCUT2D eigenvalue weighted by Gasteiger charge is 2.08. The van der Waals surface area contributed by atoms with E-state index in [-0.39, 0.29) is 0 Å². The molecule has 2 nitrogen and oxygen atoms in total. The van der Waals surface area contributed by atoms with Gasteiger partial charge in [-0.05, 0) is 12.1 Å². The van der Waals surface area contributed by atoms with Gasteiger partial charge in [0.05, 0.1) is 11.4 Å². The van der Waals surface area contributed by atoms with E-state index >= 15 is 0 Å². The quantitative estimate of drug-likeness (QED) is 0.659. The van der Waals surface area contributed by atoms with Crippen molar-refractivity contribution in [2.75, 3.05) is 0 Å². The molecule has 1 heterocycles. The van der Waals surface area contributed by atoms with Crippen LogP contribution in [0.5, 0.6) is 0 Å².